The number of hydrogen-bond acceptors (Lipinski definition) is 5. The average Bonchev–Trinajstić information content (AvgIpc) is 2.77. The Morgan fingerprint density at radius 3 is 2.28 bits per heavy atom. The SMILES string of the molecule is CCCN(CP(=O)(O)O)C(=O)N[C@@H](Cc1ccc(OC)cc1)C(=O)OCc1ccccc1. The first-order chi connectivity index (χ1) is 15.2. The molecule has 0 aliphatic heterocycles. The number of nitrogens with one attached hydrogen (secondary N) is 1. The number of esters is 1. The highest BCUT2D eigenvalue weighted by molar-refractivity contribution is 7.51. The quantitative estimate of drug-likeness (QED) is 0.345. The highest BCUT2D eigenvalue weighted by Crippen LogP contribution is 2.35. The number of hydrogen-bond donors (Lipinski definition) is 3. The van der Waals surface area contributed by atoms with E-state index in [1.165, 1.54) is 0 Å². The van der Waals surface area contributed by atoms with Crippen LogP contribution in [0.1, 0.15) is 24.5 Å². The van der Waals surface area contributed by atoms with Gasteiger partial charge in [0.15, 0.2) is 0 Å². The fourth-order valence-electron chi connectivity index (χ4n) is 2.99. The van der Waals surface area contributed by atoms with Crippen molar-refractivity contribution in [1.82, 2.24) is 10.2 Å². The number of ether oxygens (including phenoxy) is 2. The highest BCUT2D eigenvalue weighted by Gasteiger charge is 2.28. The van der Waals surface area contributed by atoms with E-state index in [4.69, 9.17) is 9.47 Å². The Labute approximate surface area is 187 Å². The van der Waals surface area contributed by atoms with Crippen LogP contribution in [0, 0.1) is 0 Å². The van der Waals surface area contributed by atoms with Crippen molar-refractivity contribution < 1.29 is 33.4 Å². The smallest absolute Gasteiger partial charge is 0.344 e. The van der Waals surface area contributed by atoms with Gasteiger partial charge in [-0.15, -0.1) is 0 Å². The van der Waals surface area contributed by atoms with E-state index in [1.807, 2.05) is 30.3 Å². The molecule has 0 aromatic heterocycles. The van der Waals surface area contributed by atoms with E-state index in [1.54, 1.807) is 38.3 Å². The number of amides is 2. The molecule has 0 radical (unpaired) electrons. The highest BCUT2D eigenvalue weighted by atomic mass is 31.2. The summed E-state index contributed by atoms with van der Waals surface area (Å²) in [7, 11) is -2.92. The Kier molecular flexibility index (Phi) is 9.71. The van der Waals surface area contributed by atoms with E-state index in [-0.39, 0.29) is 19.6 Å². The monoisotopic (exact) mass is 464 g/mol. The molecule has 0 aliphatic carbocycles. The maximum atomic E-state index is 12.8. The molecule has 9 nitrogen and oxygen atoms in total. The molecule has 3 N–H and O–H groups in total. The van der Waals surface area contributed by atoms with E-state index in [2.05, 4.69) is 5.32 Å². The summed E-state index contributed by atoms with van der Waals surface area (Å²) in [6.07, 6.45) is -0.102. The van der Waals surface area contributed by atoms with E-state index in [0.717, 1.165) is 16.0 Å². The van der Waals surface area contributed by atoms with Crippen molar-refractivity contribution >= 4 is 19.6 Å². The summed E-state index contributed by atoms with van der Waals surface area (Å²) in [5, 5.41) is 2.58. The third-order valence-electron chi connectivity index (χ3n) is 4.54. The van der Waals surface area contributed by atoms with Gasteiger partial charge < -0.3 is 29.5 Å². The Balaban J connectivity index is 2.15. The number of nitrogens with zero attached hydrogens (tertiary/aromatic N) is 1. The summed E-state index contributed by atoms with van der Waals surface area (Å²) < 4.78 is 22.0. The van der Waals surface area contributed by atoms with Crippen LogP contribution < -0.4 is 10.1 Å². The lowest BCUT2D eigenvalue weighted by atomic mass is 10.1. The molecular formula is C22H29N2O7P. The summed E-state index contributed by atoms with van der Waals surface area (Å²) in [6.45, 7) is 1.95. The van der Waals surface area contributed by atoms with Crippen LogP contribution in [0.15, 0.2) is 54.6 Å². The second-order valence-corrected chi connectivity index (χ2v) is 8.83. The molecule has 0 heterocycles. The average molecular weight is 464 g/mol. The van der Waals surface area contributed by atoms with Crippen molar-refractivity contribution in [2.45, 2.75) is 32.4 Å². The first-order valence-electron chi connectivity index (χ1n) is 10.2. The van der Waals surface area contributed by atoms with Gasteiger partial charge in [0.1, 0.15) is 24.7 Å². The molecule has 1 atom stereocenters. The van der Waals surface area contributed by atoms with Crippen LogP contribution in [0.3, 0.4) is 0 Å². The van der Waals surface area contributed by atoms with Gasteiger partial charge in [0.2, 0.25) is 0 Å². The Bertz CT molecular complexity index is 916. The van der Waals surface area contributed by atoms with Crippen LogP contribution in [0.4, 0.5) is 4.79 Å². The predicted molar refractivity (Wildman–Crippen MR) is 119 cm³/mol. The van der Waals surface area contributed by atoms with Gasteiger partial charge in [-0.1, -0.05) is 49.4 Å². The zero-order valence-corrected chi connectivity index (χ0v) is 19.0. The zero-order chi connectivity index (χ0) is 23.6. The summed E-state index contributed by atoms with van der Waals surface area (Å²) in [5.41, 5.74) is 1.55. The maximum absolute atomic E-state index is 12.8. The Hall–Kier alpha value is -2.87. The molecule has 0 aliphatic rings. The normalized spacial score (nSPS) is 12.0. The molecule has 2 amide bonds. The summed E-state index contributed by atoms with van der Waals surface area (Å²) in [6, 6.07) is 14.3. The number of benzene rings is 2. The number of carbonyl (C=O) groups excluding carboxylic acids is 2. The van der Waals surface area contributed by atoms with Gasteiger partial charge in [-0.05, 0) is 29.7 Å². The molecule has 0 saturated carbocycles. The van der Waals surface area contributed by atoms with Crippen LogP contribution in [0.2, 0.25) is 0 Å². The minimum atomic E-state index is -4.47. The topological polar surface area (TPSA) is 125 Å². The minimum absolute atomic E-state index is 0.0375. The van der Waals surface area contributed by atoms with Gasteiger partial charge in [0.05, 0.1) is 7.11 Å². The van der Waals surface area contributed by atoms with E-state index < -0.39 is 31.9 Å². The fraction of sp³-hybridized carbons (Fsp3) is 0.364. The molecule has 2 rings (SSSR count). The van der Waals surface area contributed by atoms with Crippen molar-refractivity contribution in [3.05, 3.63) is 65.7 Å². The fourth-order valence-corrected chi connectivity index (χ4v) is 3.70. The van der Waals surface area contributed by atoms with Crippen molar-refractivity contribution in [2.75, 3.05) is 19.9 Å². The van der Waals surface area contributed by atoms with Gasteiger partial charge in [0, 0.05) is 13.0 Å². The third kappa shape index (κ3) is 8.70. The lowest BCUT2D eigenvalue weighted by Crippen LogP contribution is -2.49. The van der Waals surface area contributed by atoms with Crippen LogP contribution >= 0.6 is 7.60 Å². The molecule has 2 aromatic carbocycles. The Morgan fingerprint density at radius 1 is 1.06 bits per heavy atom. The molecule has 0 fully saturated rings. The van der Waals surface area contributed by atoms with Crippen LogP contribution in [0.25, 0.3) is 0 Å². The summed E-state index contributed by atoms with van der Waals surface area (Å²) in [5.74, 6) is 0.00223. The van der Waals surface area contributed by atoms with Crippen molar-refractivity contribution in [3.63, 3.8) is 0 Å². The third-order valence-corrected chi connectivity index (χ3v) is 5.25. The Morgan fingerprint density at radius 2 is 1.72 bits per heavy atom. The van der Waals surface area contributed by atoms with E-state index >= 15 is 0 Å². The minimum Gasteiger partial charge on any atom is -0.497 e. The lowest BCUT2D eigenvalue weighted by molar-refractivity contribution is -0.147. The van der Waals surface area contributed by atoms with E-state index in [0.29, 0.717) is 12.2 Å². The van der Waals surface area contributed by atoms with Crippen molar-refractivity contribution in [3.8, 4) is 5.75 Å². The molecule has 32 heavy (non-hydrogen) atoms. The van der Waals surface area contributed by atoms with Crippen LogP contribution in [-0.4, -0.2) is 52.7 Å². The predicted octanol–water partition coefficient (Wildman–Crippen LogP) is 2.91. The molecule has 2 aromatic rings. The molecule has 0 unspecified atom stereocenters. The van der Waals surface area contributed by atoms with Crippen molar-refractivity contribution in [1.29, 1.82) is 0 Å². The van der Waals surface area contributed by atoms with Crippen LogP contribution in [0.5, 0.6) is 5.75 Å². The van der Waals surface area contributed by atoms with Gasteiger partial charge in [-0.3, -0.25) is 4.57 Å². The molecule has 0 bridgehead atoms. The van der Waals surface area contributed by atoms with Gasteiger partial charge in [-0.2, -0.15) is 0 Å². The summed E-state index contributed by atoms with van der Waals surface area (Å²) >= 11 is 0. The molecule has 174 valence electrons. The number of urea groups is 1. The molecule has 10 heteroatoms. The van der Waals surface area contributed by atoms with Gasteiger partial charge >= 0.3 is 19.6 Å². The van der Waals surface area contributed by atoms with E-state index in [9.17, 15) is 23.9 Å². The lowest BCUT2D eigenvalue weighted by Gasteiger charge is -2.26. The zero-order valence-electron chi connectivity index (χ0n) is 18.1. The molecule has 0 spiro atoms. The molecule has 0 saturated heterocycles. The largest absolute Gasteiger partial charge is 0.497 e. The number of rotatable bonds is 11. The maximum Gasteiger partial charge on any atom is 0.344 e. The van der Waals surface area contributed by atoms with Gasteiger partial charge in [-0.25, -0.2) is 9.59 Å². The second kappa shape index (κ2) is 12.2. The van der Waals surface area contributed by atoms with Crippen molar-refractivity contribution in [2.24, 2.45) is 0 Å². The van der Waals surface area contributed by atoms with Gasteiger partial charge in [0.25, 0.3) is 0 Å². The molecular weight excluding hydrogens is 435 g/mol. The summed E-state index contributed by atoms with van der Waals surface area (Å²) in [4.78, 5) is 45.1. The number of methoxy groups -OCH3 is 1. The number of carbonyl (C=O) groups is 2. The second-order valence-electron chi connectivity index (χ2n) is 7.22. The first-order valence-corrected chi connectivity index (χ1v) is 11.9. The van der Waals surface area contributed by atoms with Crippen LogP contribution in [-0.2, 0) is 27.1 Å². The standard InChI is InChI=1S/C22H29N2O7P/c1-3-13-24(16-32(27,28)29)22(26)23-20(14-17-9-11-19(30-2)12-10-17)21(25)31-15-18-7-5-4-6-8-18/h4-12,20H,3,13-16H2,1-2H3,(H,23,26)(H2,27,28,29)/t20-/m0/s1. The first kappa shape index (κ1) is 25.4.